The number of thiophene rings is 1. The van der Waals surface area contributed by atoms with Crippen LogP contribution in [0.15, 0.2) is 34.8 Å². The fourth-order valence-electron chi connectivity index (χ4n) is 1.17. The van der Waals surface area contributed by atoms with Crippen LogP contribution in [0.1, 0.15) is 4.88 Å². The Kier molecular flexibility index (Phi) is 3.84. The van der Waals surface area contributed by atoms with Gasteiger partial charge in [0.25, 0.3) is 0 Å². The largest absolute Gasteiger partial charge is 0.487 e. The van der Waals surface area contributed by atoms with Gasteiger partial charge in [-0.3, -0.25) is 0 Å². The summed E-state index contributed by atoms with van der Waals surface area (Å²) in [7, 11) is 0. The highest BCUT2D eigenvalue weighted by Gasteiger charge is 2.04. The third-order valence-corrected chi connectivity index (χ3v) is 3.72. The van der Waals surface area contributed by atoms with Gasteiger partial charge < -0.3 is 4.74 Å². The molecule has 0 radical (unpaired) electrons. The van der Waals surface area contributed by atoms with Crippen LogP contribution in [0.3, 0.4) is 0 Å². The molecule has 84 valence electrons. The predicted octanol–water partition coefficient (Wildman–Crippen LogP) is 4.88. The first-order valence-corrected chi connectivity index (χ1v) is 6.46. The average molecular weight is 322 g/mol. The van der Waals surface area contributed by atoms with Crippen LogP contribution in [0.25, 0.3) is 0 Å². The Morgan fingerprint density at radius 1 is 1.31 bits per heavy atom. The molecule has 0 saturated heterocycles. The van der Waals surface area contributed by atoms with Crippen molar-refractivity contribution < 1.29 is 9.13 Å². The van der Waals surface area contributed by atoms with E-state index in [0.29, 0.717) is 16.8 Å². The Morgan fingerprint density at radius 2 is 2.12 bits per heavy atom. The molecule has 0 bridgehead atoms. The van der Waals surface area contributed by atoms with Gasteiger partial charge in [-0.25, -0.2) is 4.39 Å². The van der Waals surface area contributed by atoms with Crippen molar-refractivity contribution in [2.24, 2.45) is 0 Å². The fourth-order valence-corrected chi connectivity index (χ4v) is 2.64. The van der Waals surface area contributed by atoms with E-state index < -0.39 is 0 Å². The molecule has 1 aromatic heterocycles. The van der Waals surface area contributed by atoms with Crippen molar-refractivity contribution in [3.8, 4) is 5.75 Å². The van der Waals surface area contributed by atoms with Gasteiger partial charge in [-0.2, -0.15) is 0 Å². The molecule has 2 aromatic rings. The Labute approximate surface area is 110 Å². The lowest BCUT2D eigenvalue weighted by Gasteiger charge is -2.06. The molecule has 0 fully saturated rings. The van der Waals surface area contributed by atoms with E-state index in [4.69, 9.17) is 16.3 Å². The van der Waals surface area contributed by atoms with E-state index in [1.165, 1.54) is 23.5 Å². The van der Waals surface area contributed by atoms with Crippen molar-refractivity contribution in [3.63, 3.8) is 0 Å². The van der Waals surface area contributed by atoms with Gasteiger partial charge in [0.2, 0.25) is 0 Å². The van der Waals surface area contributed by atoms with Crippen LogP contribution in [0, 0.1) is 5.82 Å². The minimum absolute atomic E-state index is 0.293. The summed E-state index contributed by atoms with van der Waals surface area (Å²) in [6.45, 7) is 0.432. The van der Waals surface area contributed by atoms with E-state index in [1.54, 1.807) is 6.07 Å². The van der Waals surface area contributed by atoms with Crippen molar-refractivity contribution in [3.05, 3.63) is 49.8 Å². The molecule has 16 heavy (non-hydrogen) atoms. The van der Waals surface area contributed by atoms with Gasteiger partial charge >= 0.3 is 0 Å². The van der Waals surface area contributed by atoms with Crippen molar-refractivity contribution in [1.82, 2.24) is 0 Å². The van der Waals surface area contributed by atoms with Crippen LogP contribution in [-0.2, 0) is 6.61 Å². The standard InChI is InChI=1S/C11H7BrClFOS/c12-9-5-7(14)1-3-10(9)15-6-8-2-4-11(13)16-8/h1-5H,6H2. The molecule has 0 saturated carbocycles. The zero-order valence-corrected chi connectivity index (χ0v) is 11.2. The molecule has 1 heterocycles. The fraction of sp³-hybridized carbons (Fsp3) is 0.0909. The SMILES string of the molecule is Fc1ccc(OCc2ccc(Cl)s2)c(Br)c1. The summed E-state index contributed by atoms with van der Waals surface area (Å²) in [5.41, 5.74) is 0. The quantitative estimate of drug-likeness (QED) is 0.782. The highest BCUT2D eigenvalue weighted by molar-refractivity contribution is 9.10. The molecule has 0 spiro atoms. The molecular formula is C11H7BrClFOS. The molecule has 0 atom stereocenters. The zero-order valence-electron chi connectivity index (χ0n) is 8.04. The summed E-state index contributed by atoms with van der Waals surface area (Å²) >= 11 is 10.5. The number of hydrogen-bond donors (Lipinski definition) is 0. The normalized spacial score (nSPS) is 10.4. The lowest BCUT2D eigenvalue weighted by atomic mass is 10.3. The van der Waals surface area contributed by atoms with Crippen molar-refractivity contribution in [1.29, 1.82) is 0 Å². The summed E-state index contributed by atoms with van der Waals surface area (Å²) < 4.78 is 19.7. The lowest BCUT2D eigenvalue weighted by molar-refractivity contribution is 0.307. The van der Waals surface area contributed by atoms with E-state index in [0.717, 1.165) is 9.21 Å². The molecule has 0 aliphatic carbocycles. The van der Waals surface area contributed by atoms with Crippen molar-refractivity contribution in [2.75, 3.05) is 0 Å². The van der Waals surface area contributed by atoms with Crippen LogP contribution in [-0.4, -0.2) is 0 Å². The molecule has 0 unspecified atom stereocenters. The van der Waals surface area contributed by atoms with E-state index in [1.807, 2.05) is 12.1 Å². The minimum atomic E-state index is -0.293. The molecule has 0 amide bonds. The van der Waals surface area contributed by atoms with Gasteiger partial charge in [0.05, 0.1) is 8.81 Å². The highest BCUT2D eigenvalue weighted by atomic mass is 79.9. The maximum atomic E-state index is 12.8. The van der Waals surface area contributed by atoms with Gasteiger partial charge in [0.15, 0.2) is 0 Å². The maximum absolute atomic E-state index is 12.8. The predicted molar refractivity (Wildman–Crippen MR) is 67.8 cm³/mol. The smallest absolute Gasteiger partial charge is 0.134 e. The second-order valence-electron chi connectivity index (χ2n) is 3.07. The van der Waals surface area contributed by atoms with Crippen LogP contribution >= 0.6 is 38.9 Å². The van der Waals surface area contributed by atoms with Crippen LogP contribution in [0.5, 0.6) is 5.75 Å². The molecule has 2 rings (SSSR count). The molecule has 1 nitrogen and oxygen atoms in total. The number of rotatable bonds is 3. The monoisotopic (exact) mass is 320 g/mol. The first-order valence-electron chi connectivity index (χ1n) is 4.47. The first kappa shape index (κ1) is 11.9. The van der Waals surface area contributed by atoms with Gasteiger partial charge in [0.1, 0.15) is 18.2 Å². The van der Waals surface area contributed by atoms with E-state index in [9.17, 15) is 4.39 Å². The Bertz CT molecular complexity index is 500. The van der Waals surface area contributed by atoms with Crippen molar-refractivity contribution in [2.45, 2.75) is 6.61 Å². The Morgan fingerprint density at radius 3 is 2.75 bits per heavy atom. The average Bonchev–Trinajstić information content (AvgIpc) is 2.63. The highest BCUT2D eigenvalue weighted by Crippen LogP contribution is 2.28. The Balaban J connectivity index is 2.04. The zero-order chi connectivity index (χ0) is 11.5. The van der Waals surface area contributed by atoms with E-state index >= 15 is 0 Å². The molecule has 0 aliphatic rings. The van der Waals surface area contributed by atoms with E-state index in [2.05, 4.69) is 15.9 Å². The number of benzene rings is 1. The topological polar surface area (TPSA) is 9.23 Å². The maximum Gasteiger partial charge on any atom is 0.134 e. The molecule has 1 aromatic carbocycles. The molecule has 0 aliphatic heterocycles. The van der Waals surface area contributed by atoms with Crippen LogP contribution < -0.4 is 4.74 Å². The summed E-state index contributed by atoms with van der Waals surface area (Å²) in [6, 6.07) is 8.06. The summed E-state index contributed by atoms with van der Waals surface area (Å²) in [4.78, 5) is 1.03. The second kappa shape index (κ2) is 5.17. The first-order chi connectivity index (χ1) is 7.65. The van der Waals surface area contributed by atoms with Crippen molar-refractivity contribution >= 4 is 38.9 Å². The lowest BCUT2D eigenvalue weighted by Crippen LogP contribution is -1.93. The summed E-state index contributed by atoms with van der Waals surface area (Å²) in [5.74, 6) is 0.323. The third kappa shape index (κ3) is 2.97. The van der Waals surface area contributed by atoms with Crippen LogP contribution in [0.2, 0.25) is 4.34 Å². The van der Waals surface area contributed by atoms with Gasteiger partial charge in [-0.05, 0) is 46.3 Å². The van der Waals surface area contributed by atoms with Gasteiger partial charge in [-0.15, -0.1) is 11.3 Å². The van der Waals surface area contributed by atoms with Crippen LogP contribution in [0.4, 0.5) is 4.39 Å². The number of ether oxygens (including phenoxy) is 1. The van der Waals surface area contributed by atoms with Gasteiger partial charge in [-0.1, -0.05) is 11.6 Å². The number of halogens is 3. The molecular weight excluding hydrogens is 315 g/mol. The van der Waals surface area contributed by atoms with Gasteiger partial charge in [0, 0.05) is 4.88 Å². The van der Waals surface area contributed by atoms with E-state index in [-0.39, 0.29) is 5.82 Å². The Hall–Kier alpha value is -0.580. The summed E-state index contributed by atoms with van der Waals surface area (Å²) in [5, 5.41) is 0. The molecule has 0 N–H and O–H groups in total. The second-order valence-corrected chi connectivity index (χ2v) is 5.72. The number of hydrogen-bond acceptors (Lipinski definition) is 2. The summed E-state index contributed by atoms with van der Waals surface area (Å²) in [6.07, 6.45) is 0. The third-order valence-electron chi connectivity index (χ3n) is 1.89. The minimum Gasteiger partial charge on any atom is -0.487 e. The molecule has 5 heteroatoms.